The summed E-state index contributed by atoms with van der Waals surface area (Å²) in [4.78, 5) is 12.2. The van der Waals surface area contributed by atoms with E-state index in [1.165, 1.54) is 12.8 Å². The highest BCUT2D eigenvalue weighted by atomic mass is 16.5. The number of carbonyl (C=O) groups excluding carboxylic acids is 1. The molecule has 0 heterocycles. The molecule has 5 nitrogen and oxygen atoms in total. The lowest BCUT2D eigenvalue weighted by atomic mass is 9.91. The molecule has 2 unspecified atom stereocenters. The Hall–Kier alpha value is -0.650. The molecular formula is C22H44NO4+. The van der Waals surface area contributed by atoms with Gasteiger partial charge in [-0.1, -0.05) is 19.8 Å². The number of esters is 1. The van der Waals surface area contributed by atoms with Gasteiger partial charge in [-0.05, 0) is 46.0 Å². The number of rotatable bonds is 9. The standard InChI is InChI=1S/C22H44NO4/c1-8-22(2,3)21(24)27-14-13-23(4,5)17-18-15-19(25-6)11-9-10-12-20(16-18)26-7/h18-20H,8-17H2,1-7H3/q+1. The van der Waals surface area contributed by atoms with E-state index in [4.69, 9.17) is 14.2 Å². The van der Waals surface area contributed by atoms with Gasteiger partial charge in [0, 0.05) is 20.1 Å². The summed E-state index contributed by atoms with van der Waals surface area (Å²) in [5.41, 5.74) is -0.397. The molecule has 0 amide bonds. The number of carbonyl (C=O) groups is 1. The fraction of sp³-hybridized carbons (Fsp3) is 0.955. The zero-order chi connectivity index (χ0) is 20.5. The summed E-state index contributed by atoms with van der Waals surface area (Å²) in [6.07, 6.45) is 8.35. The molecule has 2 atom stereocenters. The highest BCUT2D eigenvalue weighted by Gasteiger charge is 2.30. The second-order valence-corrected chi connectivity index (χ2v) is 9.55. The van der Waals surface area contributed by atoms with E-state index in [-0.39, 0.29) is 5.97 Å². The van der Waals surface area contributed by atoms with E-state index in [0.717, 1.165) is 49.7 Å². The topological polar surface area (TPSA) is 44.8 Å². The summed E-state index contributed by atoms with van der Waals surface area (Å²) in [7, 11) is 8.13. The predicted molar refractivity (Wildman–Crippen MR) is 110 cm³/mol. The first-order chi connectivity index (χ1) is 12.6. The molecule has 0 radical (unpaired) electrons. The summed E-state index contributed by atoms with van der Waals surface area (Å²) in [6.45, 7) is 8.28. The Morgan fingerprint density at radius 2 is 1.56 bits per heavy atom. The lowest BCUT2D eigenvalue weighted by molar-refractivity contribution is -0.894. The van der Waals surface area contributed by atoms with Gasteiger partial charge in [0.25, 0.3) is 0 Å². The van der Waals surface area contributed by atoms with Crippen molar-refractivity contribution in [3.05, 3.63) is 0 Å². The van der Waals surface area contributed by atoms with Crippen LogP contribution < -0.4 is 0 Å². The average molecular weight is 387 g/mol. The molecule has 0 N–H and O–H groups in total. The van der Waals surface area contributed by atoms with Gasteiger partial charge in [-0.25, -0.2) is 0 Å². The largest absolute Gasteiger partial charge is 0.459 e. The SMILES string of the molecule is CCC(C)(C)C(=O)OCC[N+](C)(C)CC1CC(OC)CCCCC(OC)C1. The van der Waals surface area contributed by atoms with E-state index in [0.29, 0.717) is 24.7 Å². The van der Waals surface area contributed by atoms with Crippen LogP contribution in [0.1, 0.15) is 65.7 Å². The Morgan fingerprint density at radius 1 is 1.04 bits per heavy atom. The van der Waals surface area contributed by atoms with Crippen molar-refractivity contribution in [3.63, 3.8) is 0 Å². The van der Waals surface area contributed by atoms with Crippen LogP contribution in [0.2, 0.25) is 0 Å². The zero-order valence-corrected chi connectivity index (χ0v) is 18.9. The second kappa shape index (κ2) is 11.4. The van der Waals surface area contributed by atoms with E-state index < -0.39 is 5.41 Å². The second-order valence-electron chi connectivity index (χ2n) is 9.55. The van der Waals surface area contributed by atoms with Crippen LogP contribution in [0.3, 0.4) is 0 Å². The van der Waals surface area contributed by atoms with Crippen molar-refractivity contribution in [2.45, 2.75) is 77.9 Å². The van der Waals surface area contributed by atoms with E-state index >= 15 is 0 Å². The van der Waals surface area contributed by atoms with Gasteiger partial charge in [0.1, 0.15) is 13.2 Å². The molecule has 0 bridgehead atoms. The highest BCUT2D eigenvalue weighted by molar-refractivity contribution is 5.75. The minimum atomic E-state index is -0.397. The van der Waals surface area contributed by atoms with Gasteiger partial charge < -0.3 is 18.7 Å². The van der Waals surface area contributed by atoms with Crippen LogP contribution in [0.4, 0.5) is 0 Å². The normalized spacial score (nSPS) is 25.4. The fourth-order valence-electron chi connectivity index (χ4n) is 3.91. The molecule has 0 aromatic carbocycles. The molecule has 1 aliphatic carbocycles. The first-order valence-corrected chi connectivity index (χ1v) is 10.7. The van der Waals surface area contributed by atoms with Crippen LogP contribution in [-0.2, 0) is 19.0 Å². The molecule has 27 heavy (non-hydrogen) atoms. The van der Waals surface area contributed by atoms with E-state index in [2.05, 4.69) is 14.1 Å². The molecule has 160 valence electrons. The molecular weight excluding hydrogens is 342 g/mol. The quantitative estimate of drug-likeness (QED) is 0.443. The fourth-order valence-corrected chi connectivity index (χ4v) is 3.91. The highest BCUT2D eigenvalue weighted by Crippen LogP contribution is 2.27. The Morgan fingerprint density at radius 3 is 2.00 bits per heavy atom. The van der Waals surface area contributed by atoms with E-state index in [1.54, 1.807) is 0 Å². The minimum absolute atomic E-state index is 0.0914. The number of methoxy groups -OCH3 is 2. The first-order valence-electron chi connectivity index (χ1n) is 10.7. The van der Waals surface area contributed by atoms with E-state index in [9.17, 15) is 4.79 Å². The molecule has 0 saturated heterocycles. The van der Waals surface area contributed by atoms with Crippen molar-refractivity contribution in [2.75, 3.05) is 48.0 Å². The summed E-state index contributed by atoms with van der Waals surface area (Å²) in [5.74, 6) is 0.460. The number of nitrogens with zero attached hydrogens (tertiary/aromatic N) is 1. The number of ether oxygens (including phenoxy) is 3. The third kappa shape index (κ3) is 8.93. The lowest BCUT2D eigenvalue weighted by Crippen LogP contribution is -2.47. The van der Waals surface area contributed by atoms with Crippen LogP contribution >= 0.6 is 0 Å². The number of hydrogen-bond acceptors (Lipinski definition) is 4. The molecule has 0 aromatic rings. The van der Waals surface area contributed by atoms with Gasteiger partial charge in [0.15, 0.2) is 0 Å². The molecule has 1 rings (SSSR count). The Bertz CT molecular complexity index is 420. The van der Waals surface area contributed by atoms with Gasteiger partial charge in [0.05, 0.1) is 38.3 Å². The third-order valence-electron chi connectivity index (χ3n) is 6.28. The maximum absolute atomic E-state index is 12.2. The summed E-state index contributed by atoms with van der Waals surface area (Å²) in [6, 6.07) is 0. The minimum Gasteiger partial charge on any atom is -0.459 e. The lowest BCUT2D eigenvalue weighted by Gasteiger charge is -2.35. The summed E-state index contributed by atoms with van der Waals surface area (Å²) < 4.78 is 17.9. The van der Waals surface area contributed by atoms with Gasteiger partial charge >= 0.3 is 5.97 Å². The zero-order valence-electron chi connectivity index (χ0n) is 18.9. The molecule has 0 aliphatic heterocycles. The molecule has 5 heteroatoms. The maximum Gasteiger partial charge on any atom is 0.311 e. The van der Waals surface area contributed by atoms with Crippen molar-refractivity contribution in [1.82, 2.24) is 0 Å². The van der Waals surface area contributed by atoms with Crippen molar-refractivity contribution in [1.29, 1.82) is 0 Å². The summed E-state index contributed by atoms with van der Waals surface area (Å²) in [5, 5.41) is 0. The first kappa shape index (κ1) is 24.4. The van der Waals surface area contributed by atoms with Crippen LogP contribution in [-0.4, -0.2) is 70.7 Å². The van der Waals surface area contributed by atoms with Crippen LogP contribution in [0, 0.1) is 11.3 Å². The summed E-state index contributed by atoms with van der Waals surface area (Å²) >= 11 is 0. The number of quaternary nitrogens is 1. The smallest absolute Gasteiger partial charge is 0.311 e. The van der Waals surface area contributed by atoms with Crippen molar-refractivity contribution < 1.29 is 23.5 Å². The van der Waals surface area contributed by atoms with Gasteiger partial charge in [-0.2, -0.15) is 0 Å². The Balaban J connectivity index is 2.62. The Labute approximate surface area is 167 Å². The van der Waals surface area contributed by atoms with Gasteiger partial charge in [-0.15, -0.1) is 0 Å². The van der Waals surface area contributed by atoms with Crippen LogP contribution in [0.5, 0.6) is 0 Å². The molecule has 1 fully saturated rings. The maximum atomic E-state index is 12.2. The van der Waals surface area contributed by atoms with Gasteiger partial charge in [0.2, 0.25) is 0 Å². The Kier molecular flexibility index (Phi) is 10.3. The molecule has 0 spiro atoms. The number of likely N-dealkylation sites (N-methyl/N-ethyl adjacent to an activating group) is 1. The third-order valence-corrected chi connectivity index (χ3v) is 6.28. The van der Waals surface area contributed by atoms with Crippen molar-refractivity contribution in [2.24, 2.45) is 11.3 Å². The van der Waals surface area contributed by atoms with Crippen molar-refractivity contribution >= 4 is 5.97 Å². The van der Waals surface area contributed by atoms with Crippen LogP contribution in [0.25, 0.3) is 0 Å². The van der Waals surface area contributed by atoms with Crippen LogP contribution in [0.15, 0.2) is 0 Å². The monoisotopic (exact) mass is 386 g/mol. The number of hydrogen-bond donors (Lipinski definition) is 0. The predicted octanol–water partition coefficient (Wildman–Crippen LogP) is 4.04. The van der Waals surface area contributed by atoms with E-state index in [1.807, 2.05) is 35.0 Å². The average Bonchev–Trinajstić information content (AvgIpc) is 2.70. The molecule has 1 aliphatic rings. The van der Waals surface area contributed by atoms with Crippen molar-refractivity contribution in [3.8, 4) is 0 Å². The van der Waals surface area contributed by atoms with Gasteiger partial charge in [-0.3, -0.25) is 4.79 Å². The molecule has 0 aromatic heterocycles. The molecule has 1 saturated carbocycles.